The number of carbonyl (C=O) groups is 1. The van der Waals surface area contributed by atoms with Crippen molar-refractivity contribution in [2.45, 2.75) is 0 Å². The summed E-state index contributed by atoms with van der Waals surface area (Å²) in [6.07, 6.45) is 1.44. The van der Waals surface area contributed by atoms with Gasteiger partial charge >= 0.3 is 0 Å². The number of pyridine rings is 1. The summed E-state index contributed by atoms with van der Waals surface area (Å²) in [6, 6.07) is 16.8. The topological polar surface area (TPSA) is 54.4 Å². The molecule has 22 heavy (non-hydrogen) atoms. The van der Waals surface area contributed by atoms with E-state index in [0.717, 1.165) is 10.9 Å². The van der Waals surface area contributed by atoms with Crippen molar-refractivity contribution in [2.24, 2.45) is 5.10 Å². The van der Waals surface area contributed by atoms with Crippen LogP contribution in [0.25, 0.3) is 10.9 Å². The standard InChI is InChI=1S/C17H12FN3O/c18-14-8-5-12(6-9-14)11-19-21-17(22)16-10-7-13-3-1-2-4-15(13)20-16/h1-11H,(H,21,22)/b19-11-. The molecule has 3 rings (SSSR count). The maximum Gasteiger partial charge on any atom is 0.289 e. The molecule has 1 N–H and O–H groups in total. The van der Waals surface area contributed by atoms with Gasteiger partial charge in [-0.15, -0.1) is 0 Å². The molecule has 2 aromatic carbocycles. The Morgan fingerprint density at radius 2 is 1.82 bits per heavy atom. The fourth-order valence-corrected chi connectivity index (χ4v) is 1.96. The number of nitrogens with one attached hydrogen (secondary N) is 1. The van der Waals surface area contributed by atoms with Gasteiger partial charge in [-0.05, 0) is 29.8 Å². The average Bonchev–Trinajstić information content (AvgIpc) is 2.56. The first-order valence-corrected chi connectivity index (χ1v) is 6.67. The Morgan fingerprint density at radius 1 is 1.05 bits per heavy atom. The third kappa shape index (κ3) is 3.15. The lowest BCUT2D eigenvalue weighted by Crippen LogP contribution is -2.18. The molecule has 0 unspecified atom stereocenters. The van der Waals surface area contributed by atoms with Crippen molar-refractivity contribution in [1.29, 1.82) is 0 Å². The average molecular weight is 293 g/mol. The third-order valence-corrected chi connectivity index (χ3v) is 3.08. The molecule has 5 heteroatoms. The van der Waals surface area contributed by atoms with Crippen LogP contribution in [0, 0.1) is 5.82 Å². The Balaban J connectivity index is 1.71. The zero-order chi connectivity index (χ0) is 15.4. The molecule has 0 atom stereocenters. The number of amides is 1. The highest BCUT2D eigenvalue weighted by atomic mass is 19.1. The Labute approximate surface area is 126 Å². The highest BCUT2D eigenvalue weighted by Gasteiger charge is 2.06. The van der Waals surface area contributed by atoms with Gasteiger partial charge in [0.1, 0.15) is 11.5 Å². The smallest absolute Gasteiger partial charge is 0.266 e. The summed E-state index contributed by atoms with van der Waals surface area (Å²) in [7, 11) is 0. The molecule has 0 spiro atoms. The first-order chi connectivity index (χ1) is 10.7. The van der Waals surface area contributed by atoms with Crippen molar-refractivity contribution in [3.63, 3.8) is 0 Å². The molecular formula is C17H12FN3O. The minimum atomic E-state index is -0.399. The quantitative estimate of drug-likeness (QED) is 0.596. The largest absolute Gasteiger partial charge is 0.289 e. The number of para-hydroxylation sites is 1. The molecule has 0 aliphatic heterocycles. The molecule has 108 valence electrons. The minimum absolute atomic E-state index is 0.287. The zero-order valence-corrected chi connectivity index (χ0v) is 11.5. The van der Waals surface area contributed by atoms with E-state index < -0.39 is 5.91 Å². The lowest BCUT2D eigenvalue weighted by molar-refractivity contribution is 0.0950. The molecular weight excluding hydrogens is 281 g/mol. The van der Waals surface area contributed by atoms with Crippen LogP contribution in [0.5, 0.6) is 0 Å². The van der Waals surface area contributed by atoms with Gasteiger partial charge in [-0.2, -0.15) is 5.10 Å². The van der Waals surface area contributed by atoms with E-state index in [1.54, 1.807) is 18.2 Å². The molecule has 0 bridgehead atoms. The van der Waals surface area contributed by atoms with Crippen molar-refractivity contribution in [1.82, 2.24) is 10.4 Å². The van der Waals surface area contributed by atoms with Crippen molar-refractivity contribution < 1.29 is 9.18 Å². The Bertz CT molecular complexity index is 844. The van der Waals surface area contributed by atoms with Crippen LogP contribution in [0.15, 0.2) is 65.8 Å². The number of aromatic nitrogens is 1. The molecule has 3 aromatic rings. The summed E-state index contributed by atoms with van der Waals surface area (Å²) >= 11 is 0. The summed E-state index contributed by atoms with van der Waals surface area (Å²) < 4.78 is 12.8. The molecule has 1 amide bonds. The predicted molar refractivity (Wildman–Crippen MR) is 83.2 cm³/mol. The van der Waals surface area contributed by atoms with Gasteiger partial charge in [0.05, 0.1) is 11.7 Å². The maximum atomic E-state index is 12.8. The second-order valence-corrected chi connectivity index (χ2v) is 4.64. The molecule has 0 saturated heterocycles. The molecule has 0 saturated carbocycles. The second kappa shape index (κ2) is 6.13. The first-order valence-electron chi connectivity index (χ1n) is 6.67. The van der Waals surface area contributed by atoms with Crippen LogP contribution < -0.4 is 5.43 Å². The highest BCUT2D eigenvalue weighted by Crippen LogP contribution is 2.11. The van der Waals surface area contributed by atoms with Crippen molar-refractivity contribution >= 4 is 23.0 Å². The van der Waals surface area contributed by atoms with Gasteiger partial charge in [0.25, 0.3) is 5.91 Å². The summed E-state index contributed by atoms with van der Waals surface area (Å²) in [6.45, 7) is 0. The summed E-state index contributed by atoms with van der Waals surface area (Å²) in [5.74, 6) is -0.717. The van der Waals surface area contributed by atoms with Crippen molar-refractivity contribution in [2.75, 3.05) is 0 Å². The molecule has 0 aliphatic rings. The molecule has 4 nitrogen and oxygen atoms in total. The molecule has 0 radical (unpaired) electrons. The fraction of sp³-hybridized carbons (Fsp3) is 0. The molecule has 0 fully saturated rings. The van der Waals surface area contributed by atoms with E-state index >= 15 is 0 Å². The zero-order valence-electron chi connectivity index (χ0n) is 11.5. The van der Waals surface area contributed by atoms with Crippen LogP contribution in [0.1, 0.15) is 16.1 Å². The van der Waals surface area contributed by atoms with Gasteiger partial charge in [-0.3, -0.25) is 4.79 Å². The fourth-order valence-electron chi connectivity index (χ4n) is 1.96. The number of hydrazone groups is 1. The lowest BCUT2D eigenvalue weighted by atomic mass is 10.2. The minimum Gasteiger partial charge on any atom is -0.266 e. The summed E-state index contributed by atoms with van der Waals surface area (Å²) in [5.41, 5.74) is 4.12. The van der Waals surface area contributed by atoms with Crippen LogP contribution in [0.3, 0.4) is 0 Å². The van der Waals surface area contributed by atoms with Crippen LogP contribution in [-0.4, -0.2) is 17.1 Å². The van der Waals surface area contributed by atoms with E-state index in [4.69, 9.17) is 0 Å². The number of benzene rings is 2. The van der Waals surface area contributed by atoms with Gasteiger partial charge in [0.15, 0.2) is 0 Å². The van der Waals surface area contributed by atoms with E-state index in [0.29, 0.717) is 5.56 Å². The molecule has 1 heterocycles. The van der Waals surface area contributed by atoms with E-state index in [9.17, 15) is 9.18 Å². The summed E-state index contributed by atoms with van der Waals surface area (Å²) in [5, 5.41) is 4.81. The number of nitrogens with zero attached hydrogens (tertiary/aromatic N) is 2. The second-order valence-electron chi connectivity index (χ2n) is 4.64. The number of hydrogen-bond acceptors (Lipinski definition) is 3. The van der Waals surface area contributed by atoms with Gasteiger partial charge < -0.3 is 0 Å². The summed E-state index contributed by atoms with van der Waals surface area (Å²) in [4.78, 5) is 16.3. The van der Waals surface area contributed by atoms with E-state index in [2.05, 4.69) is 15.5 Å². The normalized spacial score (nSPS) is 11.0. The number of halogens is 1. The van der Waals surface area contributed by atoms with E-state index in [1.165, 1.54) is 18.3 Å². The van der Waals surface area contributed by atoms with Crippen LogP contribution in [-0.2, 0) is 0 Å². The number of hydrogen-bond donors (Lipinski definition) is 1. The molecule has 0 aliphatic carbocycles. The Kier molecular flexibility index (Phi) is 3.87. The number of rotatable bonds is 3. The number of fused-ring (bicyclic) bond motifs is 1. The maximum absolute atomic E-state index is 12.8. The Hall–Kier alpha value is -3.08. The van der Waals surface area contributed by atoms with E-state index in [1.807, 2.05) is 30.3 Å². The number of carbonyl (C=O) groups excluding carboxylic acids is 1. The molecule has 1 aromatic heterocycles. The predicted octanol–water partition coefficient (Wildman–Crippen LogP) is 3.14. The van der Waals surface area contributed by atoms with Crippen molar-refractivity contribution in [3.05, 3.63) is 77.7 Å². The van der Waals surface area contributed by atoms with Gasteiger partial charge in [0.2, 0.25) is 0 Å². The SMILES string of the molecule is O=C(N/N=C\c1ccc(F)cc1)c1ccc2ccccc2n1. The highest BCUT2D eigenvalue weighted by molar-refractivity contribution is 5.95. The first kappa shape index (κ1) is 13.9. The van der Waals surface area contributed by atoms with E-state index in [-0.39, 0.29) is 11.5 Å². The lowest BCUT2D eigenvalue weighted by Gasteiger charge is -2.01. The van der Waals surface area contributed by atoms with Crippen LogP contribution >= 0.6 is 0 Å². The van der Waals surface area contributed by atoms with Gasteiger partial charge in [-0.25, -0.2) is 14.8 Å². The monoisotopic (exact) mass is 293 g/mol. The van der Waals surface area contributed by atoms with Gasteiger partial charge in [0, 0.05) is 5.39 Å². The Morgan fingerprint density at radius 3 is 2.64 bits per heavy atom. The van der Waals surface area contributed by atoms with Gasteiger partial charge in [-0.1, -0.05) is 36.4 Å². The third-order valence-electron chi connectivity index (χ3n) is 3.08. The van der Waals surface area contributed by atoms with Crippen LogP contribution in [0.4, 0.5) is 4.39 Å². The van der Waals surface area contributed by atoms with Crippen LogP contribution in [0.2, 0.25) is 0 Å². The van der Waals surface area contributed by atoms with Crippen molar-refractivity contribution in [3.8, 4) is 0 Å².